The van der Waals surface area contributed by atoms with Crippen molar-refractivity contribution in [1.82, 2.24) is 20.4 Å². The zero-order valence-corrected chi connectivity index (χ0v) is 20.2. The molecular formula is C24H41N5O3. The Kier molecular flexibility index (Phi) is 9.89. The molecule has 32 heavy (non-hydrogen) atoms. The number of benzene rings is 1. The van der Waals surface area contributed by atoms with Crippen molar-refractivity contribution in [1.29, 1.82) is 0 Å². The summed E-state index contributed by atoms with van der Waals surface area (Å²) in [5.41, 5.74) is 1.19. The van der Waals surface area contributed by atoms with Gasteiger partial charge in [0.15, 0.2) is 17.5 Å². The molecule has 0 aromatic heterocycles. The van der Waals surface area contributed by atoms with Crippen LogP contribution < -0.4 is 20.1 Å². The van der Waals surface area contributed by atoms with Gasteiger partial charge in [-0.25, -0.2) is 0 Å². The molecule has 0 radical (unpaired) electrons. The van der Waals surface area contributed by atoms with Gasteiger partial charge in [0.05, 0.1) is 33.5 Å². The molecule has 0 aliphatic carbocycles. The molecule has 2 aliphatic heterocycles. The molecule has 2 fully saturated rings. The molecule has 2 saturated heterocycles. The summed E-state index contributed by atoms with van der Waals surface area (Å²) in [4.78, 5) is 9.52. The molecule has 180 valence electrons. The van der Waals surface area contributed by atoms with Crippen molar-refractivity contribution in [3.8, 4) is 11.5 Å². The van der Waals surface area contributed by atoms with Crippen LogP contribution in [0.25, 0.3) is 0 Å². The summed E-state index contributed by atoms with van der Waals surface area (Å²) >= 11 is 0. The second-order valence-corrected chi connectivity index (χ2v) is 8.39. The van der Waals surface area contributed by atoms with Crippen molar-refractivity contribution in [2.75, 3.05) is 73.7 Å². The van der Waals surface area contributed by atoms with Gasteiger partial charge >= 0.3 is 0 Å². The number of hydrogen-bond acceptors (Lipinski definition) is 6. The lowest BCUT2D eigenvalue weighted by Gasteiger charge is -2.36. The van der Waals surface area contributed by atoms with Gasteiger partial charge < -0.3 is 24.8 Å². The number of methoxy groups -OCH3 is 2. The largest absolute Gasteiger partial charge is 0.493 e. The SMILES string of the molecule is CCN1CCCCC1CNC(=NC)NCC(c1ccc(OC)c(OC)c1)N1CCOCC1. The molecule has 8 heteroatoms. The molecule has 1 aromatic rings. The minimum absolute atomic E-state index is 0.180. The van der Waals surface area contributed by atoms with Crippen molar-refractivity contribution in [2.24, 2.45) is 4.99 Å². The number of nitrogens with one attached hydrogen (secondary N) is 2. The van der Waals surface area contributed by atoms with Crippen molar-refractivity contribution in [3.63, 3.8) is 0 Å². The standard InChI is InChI=1S/C24H41N5O3/c1-5-28-11-7-6-8-20(28)17-26-24(25-2)27-18-21(29-12-14-32-15-13-29)19-9-10-22(30-3)23(16-19)31-4/h9-10,16,20-21H,5-8,11-15,17-18H2,1-4H3,(H2,25,26,27). The molecule has 1 aromatic carbocycles. The Morgan fingerprint density at radius 1 is 1.12 bits per heavy atom. The minimum atomic E-state index is 0.180. The zero-order valence-electron chi connectivity index (χ0n) is 20.2. The fourth-order valence-corrected chi connectivity index (χ4v) is 4.74. The van der Waals surface area contributed by atoms with E-state index in [1.165, 1.54) is 31.4 Å². The summed E-state index contributed by atoms with van der Waals surface area (Å²) in [6, 6.07) is 6.95. The van der Waals surface area contributed by atoms with Crippen molar-refractivity contribution in [3.05, 3.63) is 23.8 Å². The van der Waals surface area contributed by atoms with Gasteiger partial charge in [-0.1, -0.05) is 19.4 Å². The number of rotatable bonds is 9. The molecule has 8 nitrogen and oxygen atoms in total. The van der Waals surface area contributed by atoms with Gasteiger partial charge in [-0.05, 0) is 43.6 Å². The zero-order chi connectivity index (χ0) is 22.8. The van der Waals surface area contributed by atoms with Crippen LogP contribution >= 0.6 is 0 Å². The second-order valence-electron chi connectivity index (χ2n) is 8.39. The first-order chi connectivity index (χ1) is 15.7. The molecule has 2 N–H and O–H groups in total. The quantitative estimate of drug-likeness (QED) is 0.444. The summed E-state index contributed by atoms with van der Waals surface area (Å²) in [5.74, 6) is 2.35. The van der Waals surface area contributed by atoms with E-state index in [4.69, 9.17) is 14.2 Å². The lowest BCUT2D eigenvalue weighted by molar-refractivity contribution is 0.0169. The van der Waals surface area contributed by atoms with E-state index in [1.54, 1.807) is 14.2 Å². The molecule has 0 saturated carbocycles. The highest BCUT2D eigenvalue weighted by atomic mass is 16.5. The maximum Gasteiger partial charge on any atom is 0.191 e. The number of aliphatic imine (C=N–C) groups is 1. The van der Waals surface area contributed by atoms with Crippen LogP contribution in [0.15, 0.2) is 23.2 Å². The third kappa shape index (κ3) is 6.49. The predicted molar refractivity (Wildman–Crippen MR) is 129 cm³/mol. The summed E-state index contributed by atoms with van der Waals surface area (Å²) in [5, 5.41) is 7.13. The van der Waals surface area contributed by atoms with Crippen LogP contribution in [0.4, 0.5) is 0 Å². The van der Waals surface area contributed by atoms with E-state index in [0.717, 1.165) is 63.4 Å². The molecule has 0 bridgehead atoms. The molecular weight excluding hydrogens is 406 g/mol. The molecule has 0 spiro atoms. The lowest BCUT2D eigenvalue weighted by atomic mass is 10.0. The number of hydrogen-bond donors (Lipinski definition) is 2. The topological polar surface area (TPSA) is 70.6 Å². The number of guanidine groups is 1. The Hall–Kier alpha value is -2.03. The Bertz CT molecular complexity index is 724. The van der Waals surface area contributed by atoms with Crippen LogP contribution in [-0.2, 0) is 4.74 Å². The van der Waals surface area contributed by atoms with Gasteiger partial charge in [-0.15, -0.1) is 0 Å². The fraction of sp³-hybridized carbons (Fsp3) is 0.708. The monoisotopic (exact) mass is 447 g/mol. The lowest BCUT2D eigenvalue weighted by Crippen LogP contribution is -2.50. The van der Waals surface area contributed by atoms with Crippen LogP contribution in [0.2, 0.25) is 0 Å². The van der Waals surface area contributed by atoms with E-state index in [2.05, 4.69) is 44.5 Å². The first kappa shape index (κ1) is 24.6. The summed E-state index contributed by atoms with van der Waals surface area (Å²) in [6.07, 6.45) is 3.87. The molecule has 2 unspecified atom stereocenters. The minimum Gasteiger partial charge on any atom is -0.493 e. The molecule has 2 aliphatic rings. The highest BCUT2D eigenvalue weighted by Crippen LogP contribution is 2.32. The second kappa shape index (κ2) is 12.9. The summed E-state index contributed by atoms with van der Waals surface area (Å²) < 4.78 is 16.6. The third-order valence-electron chi connectivity index (χ3n) is 6.63. The maximum absolute atomic E-state index is 5.59. The predicted octanol–water partition coefficient (Wildman–Crippen LogP) is 2.12. The fourth-order valence-electron chi connectivity index (χ4n) is 4.74. The van der Waals surface area contributed by atoms with Gasteiger partial charge in [-0.3, -0.25) is 14.8 Å². The van der Waals surface area contributed by atoms with Crippen LogP contribution in [0.5, 0.6) is 11.5 Å². The highest BCUT2D eigenvalue weighted by Gasteiger charge is 2.25. The number of likely N-dealkylation sites (N-methyl/N-ethyl adjacent to an activating group) is 1. The summed E-state index contributed by atoms with van der Waals surface area (Å²) in [7, 11) is 5.19. The van der Waals surface area contributed by atoms with Crippen LogP contribution in [0, 0.1) is 0 Å². The van der Waals surface area contributed by atoms with Crippen LogP contribution in [0.3, 0.4) is 0 Å². The van der Waals surface area contributed by atoms with Gasteiger partial charge in [0.25, 0.3) is 0 Å². The van der Waals surface area contributed by atoms with E-state index >= 15 is 0 Å². The van der Waals surface area contributed by atoms with Gasteiger partial charge in [0, 0.05) is 39.3 Å². The molecule has 2 atom stereocenters. The number of morpholine rings is 1. The molecule has 2 heterocycles. The average Bonchev–Trinajstić information content (AvgIpc) is 2.86. The van der Waals surface area contributed by atoms with Crippen molar-refractivity contribution in [2.45, 2.75) is 38.3 Å². The van der Waals surface area contributed by atoms with Gasteiger partial charge in [0.1, 0.15) is 0 Å². The van der Waals surface area contributed by atoms with Crippen LogP contribution in [-0.4, -0.2) is 95.6 Å². The number of likely N-dealkylation sites (tertiary alicyclic amines) is 1. The average molecular weight is 448 g/mol. The van der Waals surface area contributed by atoms with Crippen molar-refractivity contribution >= 4 is 5.96 Å². The number of ether oxygens (including phenoxy) is 3. The first-order valence-electron chi connectivity index (χ1n) is 11.9. The van der Waals surface area contributed by atoms with E-state index in [1.807, 2.05) is 13.1 Å². The smallest absolute Gasteiger partial charge is 0.191 e. The first-order valence-corrected chi connectivity index (χ1v) is 11.9. The van der Waals surface area contributed by atoms with Crippen LogP contribution in [0.1, 0.15) is 37.8 Å². The Morgan fingerprint density at radius 3 is 2.59 bits per heavy atom. The number of nitrogens with zero attached hydrogens (tertiary/aromatic N) is 3. The third-order valence-corrected chi connectivity index (χ3v) is 6.63. The molecule has 0 amide bonds. The van der Waals surface area contributed by atoms with Gasteiger partial charge in [-0.2, -0.15) is 0 Å². The Labute approximate surface area is 193 Å². The van der Waals surface area contributed by atoms with Gasteiger partial charge in [0.2, 0.25) is 0 Å². The van der Waals surface area contributed by atoms with Crippen molar-refractivity contribution < 1.29 is 14.2 Å². The Morgan fingerprint density at radius 2 is 1.91 bits per heavy atom. The van der Waals surface area contributed by atoms with E-state index in [9.17, 15) is 0 Å². The highest BCUT2D eigenvalue weighted by molar-refractivity contribution is 5.79. The maximum atomic E-state index is 5.59. The normalized spacial score (nSPS) is 21.8. The number of piperidine rings is 1. The van der Waals surface area contributed by atoms with E-state index in [-0.39, 0.29) is 6.04 Å². The van der Waals surface area contributed by atoms with E-state index < -0.39 is 0 Å². The Balaban J connectivity index is 1.66. The van der Waals surface area contributed by atoms with E-state index in [0.29, 0.717) is 6.04 Å². The summed E-state index contributed by atoms with van der Waals surface area (Å²) in [6.45, 7) is 9.55. The molecule has 3 rings (SSSR count).